The molecule has 0 fully saturated rings. The minimum absolute atomic E-state index is 0.0659. The van der Waals surface area contributed by atoms with Crippen LogP contribution in [0.3, 0.4) is 0 Å². The van der Waals surface area contributed by atoms with Crippen molar-refractivity contribution >= 4 is 27.3 Å². The summed E-state index contributed by atoms with van der Waals surface area (Å²) >= 11 is 1.48. The molecule has 0 radical (unpaired) electrons. The molecule has 27 heavy (non-hydrogen) atoms. The highest BCUT2D eigenvalue weighted by atomic mass is 32.2. The first kappa shape index (κ1) is 19.2. The summed E-state index contributed by atoms with van der Waals surface area (Å²) in [6.07, 6.45) is 1.67. The van der Waals surface area contributed by atoms with Crippen molar-refractivity contribution in [3.05, 3.63) is 82.3 Å². The number of amides is 1. The van der Waals surface area contributed by atoms with Crippen LogP contribution in [-0.4, -0.2) is 31.3 Å². The maximum absolute atomic E-state index is 12.7. The largest absolute Gasteiger partial charge is 0.336 e. The third-order valence-electron chi connectivity index (χ3n) is 3.88. The van der Waals surface area contributed by atoms with Crippen LogP contribution in [0.15, 0.2) is 71.1 Å². The Hall–Kier alpha value is -2.55. The van der Waals surface area contributed by atoms with E-state index in [4.69, 9.17) is 0 Å². The Morgan fingerprint density at radius 2 is 2.00 bits per heavy atom. The van der Waals surface area contributed by atoms with Crippen molar-refractivity contribution in [1.29, 1.82) is 0 Å². The van der Waals surface area contributed by atoms with Gasteiger partial charge in [-0.25, -0.2) is 13.1 Å². The van der Waals surface area contributed by atoms with Crippen LogP contribution < -0.4 is 4.72 Å². The van der Waals surface area contributed by atoms with Gasteiger partial charge in [-0.1, -0.05) is 18.2 Å². The summed E-state index contributed by atoms with van der Waals surface area (Å²) in [5.41, 5.74) is 1.07. The van der Waals surface area contributed by atoms with Gasteiger partial charge in [0.05, 0.1) is 17.1 Å². The molecule has 140 valence electrons. The lowest BCUT2D eigenvalue weighted by atomic mass is 10.2. The van der Waals surface area contributed by atoms with Gasteiger partial charge in [-0.2, -0.15) is 0 Å². The Balaban J connectivity index is 1.73. The van der Waals surface area contributed by atoms with E-state index in [1.165, 1.54) is 28.4 Å². The number of pyridine rings is 1. The fraction of sp³-hybridized carbons (Fsp3) is 0.158. The molecule has 8 heteroatoms. The van der Waals surface area contributed by atoms with Gasteiger partial charge >= 0.3 is 0 Å². The van der Waals surface area contributed by atoms with Crippen LogP contribution in [-0.2, 0) is 23.1 Å². The molecule has 1 amide bonds. The molecule has 0 aliphatic heterocycles. The Kier molecular flexibility index (Phi) is 6.00. The van der Waals surface area contributed by atoms with E-state index >= 15 is 0 Å². The van der Waals surface area contributed by atoms with Crippen molar-refractivity contribution in [2.75, 3.05) is 7.05 Å². The molecule has 0 aliphatic carbocycles. The Bertz CT molecular complexity index is 1000. The van der Waals surface area contributed by atoms with Gasteiger partial charge in [0.25, 0.3) is 5.91 Å². The molecule has 0 spiro atoms. The Morgan fingerprint density at radius 3 is 2.70 bits per heavy atom. The quantitative estimate of drug-likeness (QED) is 0.660. The normalized spacial score (nSPS) is 11.3. The average Bonchev–Trinajstić information content (AvgIpc) is 3.20. The minimum atomic E-state index is -3.70. The van der Waals surface area contributed by atoms with Crippen molar-refractivity contribution in [3.8, 4) is 0 Å². The number of thiophene rings is 1. The molecule has 1 aromatic carbocycles. The van der Waals surface area contributed by atoms with Crippen LogP contribution in [0.4, 0.5) is 0 Å². The number of carbonyl (C=O) groups is 1. The van der Waals surface area contributed by atoms with E-state index in [2.05, 4.69) is 9.71 Å². The first-order valence-corrected chi connectivity index (χ1v) is 10.6. The van der Waals surface area contributed by atoms with Gasteiger partial charge in [0.15, 0.2) is 0 Å². The van der Waals surface area contributed by atoms with E-state index < -0.39 is 10.0 Å². The number of nitrogens with one attached hydrogen (secondary N) is 1. The van der Waals surface area contributed by atoms with Crippen LogP contribution in [0.1, 0.15) is 20.9 Å². The SMILES string of the molecule is CN(Cc1ccccn1)C(=O)c1cccc(S(=O)(=O)NCc2cccs2)c1. The van der Waals surface area contributed by atoms with E-state index in [9.17, 15) is 13.2 Å². The number of hydrogen-bond donors (Lipinski definition) is 1. The smallest absolute Gasteiger partial charge is 0.253 e. The third kappa shape index (κ3) is 5.00. The molecular weight excluding hydrogens is 382 g/mol. The summed E-state index contributed by atoms with van der Waals surface area (Å²) in [5.74, 6) is -0.268. The molecule has 0 unspecified atom stereocenters. The maximum atomic E-state index is 12.7. The summed E-state index contributed by atoms with van der Waals surface area (Å²) in [6, 6.07) is 15.3. The Morgan fingerprint density at radius 1 is 1.15 bits per heavy atom. The number of nitrogens with zero attached hydrogens (tertiary/aromatic N) is 2. The second-order valence-corrected chi connectivity index (χ2v) is 8.71. The lowest BCUT2D eigenvalue weighted by Crippen LogP contribution is -2.27. The first-order valence-electron chi connectivity index (χ1n) is 8.23. The standard InChI is InChI=1S/C19H19N3O3S2/c1-22(14-16-7-2-3-10-20-16)19(23)15-6-4-9-18(12-15)27(24,25)21-13-17-8-5-11-26-17/h2-12,21H,13-14H2,1H3. The summed E-state index contributed by atoms with van der Waals surface area (Å²) in [4.78, 5) is 19.3. The van der Waals surface area contributed by atoms with Gasteiger partial charge in [0.2, 0.25) is 10.0 Å². The van der Waals surface area contributed by atoms with Gasteiger partial charge in [-0.15, -0.1) is 11.3 Å². The lowest BCUT2D eigenvalue weighted by Gasteiger charge is -2.17. The van der Waals surface area contributed by atoms with Crippen LogP contribution in [0.25, 0.3) is 0 Å². The predicted molar refractivity (Wildman–Crippen MR) is 105 cm³/mol. The molecule has 0 atom stereocenters. The molecule has 6 nitrogen and oxygen atoms in total. The number of carbonyl (C=O) groups excluding carboxylic acids is 1. The van der Waals surface area contributed by atoms with Gasteiger partial charge in [0, 0.05) is 30.2 Å². The van der Waals surface area contributed by atoms with Crippen molar-refractivity contribution in [2.24, 2.45) is 0 Å². The monoisotopic (exact) mass is 401 g/mol. The van der Waals surface area contributed by atoms with Crippen LogP contribution in [0, 0.1) is 0 Å². The number of aromatic nitrogens is 1. The highest BCUT2D eigenvalue weighted by molar-refractivity contribution is 7.89. The number of benzene rings is 1. The second-order valence-electron chi connectivity index (χ2n) is 5.91. The number of rotatable bonds is 7. The van der Waals surface area contributed by atoms with Crippen LogP contribution in [0.2, 0.25) is 0 Å². The molecular formula is C19H19N3O3S2. The van der Waals surface area contributed by atoms with Crippen LogP contribution in [0.5, 0.6) is 0 Å². The summed E-state index contributed by atoms with van der Waals surface area (Å²) < 4.78 is 27.6. The Labute approximate surface area is 162 Å². The second kappa shape index (κ2) is 8.43. The molecule has 0 saturated carbocycles. The topological polar surface area (TPSA) is 79.4 Å². The molecule has 0 aliphatic rings. The highest BCUT2D eigenvalue weighted by Gasteiger charge is 2.18. The fourth-order valence-corrected chi connectivity index (χ4v) is 4.27. The third-order valence-corrected chi connectivity index (χ3v) is 6.16. The van der Waals surface area contributed by atoms with Crippen molar-refractivity contribution in [2.45, 2.75) is 18.0 Å². The lowest BCUT2D eigenvalue weighted by molar-refractivity contribution is 0.0783. The van der Waals surface area contributed by atoms with Crippen molar-refractivity contribution in [3.63, 3.8) is 0 Å². The number of sulfonamides is 1. The molecule has 0 saturated heterocycles. The van der Waals surface area contributed by atoms with E-state index in [1.54, 1.807) is 25.4 Å². The number of hydrogen-bond acceptors (Lipinski definition) is 5. The molecule has 2 aromatic heterocycles. The summed E-state index contributed by atoms with van der Waals surface area (Å²) in [7, 11) is -2.04. The van der Waals surface area contributed by atoms with Crippen molar-refractivity contribution < 1.29 is 13.2 Å². The molecule has 3 aromatic rings. The van der Waals surface area contributed by atoms with Crippen molar-refractivity contribution in [1.82, 2.24) is 14.6 Å². The molecule has 1 N–H and O–H groups in total. The minimum Gasteiger partial charge on any atom is -0.336 e. The summed E-state index contributed by atoms with van der Waals surface area (Å²) in [6.45, 7) is 0.561. The van der Waals surface area contributed by atoms with Gasteiger partial charge in [-0.05, 0) is 41.8 Å². The van der Waals surface area contributed by atoms with E-state index in [-0.39, 0.29) is 17.3 Å². The van der Waals surface area contributed by atoms with Gasteiger partial charge in [0.1, 0.15) is 0 Å². The highest BCUT2D eigenvalue weighted by Crippen LogP contribution is 2.15. The molecule has 2 heterocycles. The zero-order valence-electron chi connectivity index (χ0n) is 14.7. The fourth-order valence-electron chi connectivity index (χ4n) is 2.49. The van der Waals surface area contributed by atoms with E-state index in [0.717, 1.165) is 10.6 Å². The first-order chi connectivity index (χ1) is 13.0. The zero-order valence-corrected chi connectivity index (χ0v) is 16.3. The van der Waals surface area contributed by atoms with Gasteiger partial charge < -0.3 is 4.90 Å². The van der Waals surface area contributed by atoms with Crippen LogP contribution >= 0.6 is 11.3 Å². The molecule has 3 rings (SSSR count). The van der Waals surface area contributed by atoms with E-state index in [1.807, 2.05) is 35.7 Å². The predicted octanol–water partition coefficient (Wildman–Crippen LogP) is 2.89. The average molecular weight is 402 g/mol. The zero-order chi connectivity index (χ0) is 19.3. The van der Waals surface area contributed by atoms with E-state index in [0.29, 0.717) is 12.1 Å². The van der Waals surface area contributed by atoms with Gasteiger partial charge in [-0.3, -0.25) is 9.78 Å². The summed E-state index contributed by atoms with van der Waals surface area (Å²) in [5, 5.41) is 1.89. The molecule has 0 bridgehead atoms. The maximum Gasteiger partial charge on any atom is 0.253 e.